The first-order chi connectivity index (χ1) is 13.9. The predicted octanol–water partition coefficient (Wildman–Crippen LogP) is 7.47. The van der Waals surface area contributed by atoms with E-state index in [0.717, 1.165) is 36.5 Å². The minimum Gasteiger partial charge on any atom is -0.458 e. The van der Waals surface area contributed by atoms with Crippen molar-refractivity contribution < 1.29 is 9.53 Å². The summed E-state index contributed by atoms with van der Waals surface area (Å²) >= 11 is 0. The van der Waals surface area contributed by atoms with E-state index in [1.165, 1.54) is 77.0 Å². The van der Waals surface area contributed by atoms with Crippen molar-refractivity contribution in [2.45, 2.75) is 117 Å². The quantitative estimate of drug-likeness (QED) is 0.252. The fraction of sp³-hybridized carbons (Fsp3) is 0.889. The summed E-state index contributed by atoms with van der Waals surface area (Å²) < 4.78 is 5.87. The first kappa shape index (κ1) is 21.4. The fourth-order valence-corrected chi connectivity index (χ4v) is 8.36. The lowest BCUT2D eigenvalue weighted by atomic mass is 9.47. The van der Waals surface area contributed by atoms with E-state index in [2.05, 4.69) is 27.4 Å². The second-order valence-corrected chi connectivity index (χ2v) is 11.5. The van der Waals surface area contributed by atoms with Gasteiger partial charge in [0.1, 0.15) is 6.10 Å². The van der Waals surface area contributed by atoms with E-state index < -0.39 is 0 Å². The Kier molecular flexibility index (Phi) is 6.20. The summed E-state index contributed by atoms with van der Waals surface area (Å²) in [6.07, 6.45) is 18.9. The molecule has 0 bridgehead atoms. The molecule has 0 spiro atoms. The van der Waals surface area contributed by atoms with Crippen LogP contribution in [0.5, 0.6) is 0 Å². The van der Waals surface area contributed by atoms with Crippen molar-refractivity contribution in [3.8, 4) is 0 Å². The molecule has 29 heavy (non-hydrogen) atoms. The number of rotatable bonds is 7. The maximum atomic E-state index is 12.1. The molecule has 1 heterocycles. The highest BCUT2D eigenvalue weighted by Gasteiger charge is 2.61. The van der Waals surface area contributed by atoms with Gasteiger partial charge >= 0.3 is 5.97 Å². The largest absolute Gasteiger partial charge is 0.458 e. The van der Waals surface area contributed by atoms with Crippen LogP contribution in [0, 0.1) is 34.5 Å². The molecule has 4 fully saturated rings. The van der Waals surface area contributed by atoms with Crippen LogP contribution in [-0.4, -0.2) is 12.1 Å². The Morgan fingerprint density at radius 2 is 1.66 bits per heavy atom. The first-order valence-corrected chi connectivity index (χ1v) is 12.8. The van der Waals surface area contributed by atoms with Crippen LogP contribution in [0.15, 0.2) is 12.2 Å². The normalized spacial score (nSPS) is 44.0. The molecule has 4 rings (SSSR count). The summed E-state index contributed by atoms with van der Waals surface area (Å²) in [4.78, 5) is 12.1. The molecule has 1 saturated heterocycles. The SMILES string of the molecule is C=C1CC2(C)C3CCC4(C)C(CCCCCCCC)CCC4C3CC[C@H]2OC1=O. The molecular formula is C27H44O2. The van der Waals surface area contributed by atoms with Crippen LogP contribution in [0.3, 0.4) is 0 Å². The Balaban J connectivity index is 1.40. The number of carbonyl (C=O) groups excluding carboxylic acids is 1. The zero-order valence-corrected chi connectivity index (χ0v) is 19.3. The van der Waals surface area contributed by atoms with Gasteiger partial charge in [-0.25, -0.2) is 4.79 Å². The Bertz CT molecular complexity index is 624. The molecule has 2 heteroatoms. The fourth-order valence-electron chi connectivity index (χ4n) is 8.36. The summed E-state index contributed by atoms with van der Waals surface area (Å²) in [5.74, 6) is 3.27. The van der Waals surface area contributed by atoms with Gasteiger partial charge in [0, 0.05) is 11.0 Å². The number of esters is 1. The Labute approximate surface area is 179 Å². The molecule has 0 aromatic rings. The van der Waals surface area contributed by atoms with Crippen LogP contribution in [0.2, 0.25) is 0 Å². The van der Waals surface area contributed by atoms with Gasteiger partial charge < -0.3 is 4.74 Å². The summed E-state index contributed by atoms with van der Waals surface area (Å²) in [6.45, 7) is 11.4. The van der Waals surface area contributed by atoms with Crippen LogP contribution in [-0.2, 0) is 9.53 Å². The second-order valence-electron chi connectivity index (χ2n) is 11.5. The van der Waals surface area contributed by atoms with Crippen molar-refractivity contribution in [1.82, 2.24) is 0 Å². The highest BCUT2D eigenvalue weighted by atomic mass is 16.5. The Morgan fingerprint density at radius 1 is 0.931 bits per heavy atom. The average Bonchev–Trinajstić information content (AvgIpc) is 3.02. The van der Waals surface area contributed by atoms with Crippen molar-refractivity contribution in [3.63, 3.8) is 0 Å². The second kappa shape index (κ2) is 8.39. The van der Waals surface area contributed by atoms with Crippen molar-refractivity contribution in [3.05, 3.63) is 12.2 Å². The maximum Gasteiger partial charge on any atom is 0.333 e. The van der Waals surface area contributed by atoms with Gasteiger partial charge in [0.2, 0.25) is 0 Å². The van der Waals surface area contributed by atoms with Gasteiger partial charge in [0.05, 0.1) is 0 Å². The minimum absolute atomic E-state index is 0.131. The Hall–Kier alpha value is -0.790. The summed E-state index contributed by atoms with van der Waals surface area (Å²) in [7, 11) is 0. The molecule has 3 aliphatic carbocycles. The third-order valence-corrected chi connectivity index (χ3v) is 10.0. The third-order valence-electron chi connectivity index (χ3n) is 10.0. The summed E-state index contributed by atoms with van der Waals surface area (Å²) in [5, 5.41) is 0. The van der Waals surface area contributed by atoms with Gasteiger partial charge in [0.15, 0.2) is 0 Å². The standard InChI is InChI=1S/C27H44O2/c1-5-6-7-8-9-10-11-20-12-14-22-21-13-15-24-27(4,18-19(2)25(28)29-24)23(21)16-17-26(20,22)3/h20-24H,2,5-18H2,1,3-4H3/t20?,21?,22?,23?,24-,26?,27?/m1/s1. The maximum absolute atomic E-state index is 12.1. The first-order valence-electron chi connectivity index (χ1n) is 12.8. The van der Waals surface area contributed by atoms with E-state index >= 15 is 0 Å². The highest BCUT2D eigenvalue weighted by molar-refractivity contribution is 5.88. The van der Waals surface area contributed by atoms with Crippen LogP contribution >= 0.6 is 0 Å². The highest BCUT2D eigenvalue weighted by Crippen LogP contribution is 2.66. The molecule has 6 unspecified atom stereocenters. The van der Waals surface area contributed by atoms with Gasteiger partial charge in [-0.2, -0.15) is 0 Å². The zero-order valence-electron chi connectivity index (χ0n) is 19.3. The summed E-state index contributed by atoms with van der Waals surface area (Å²) in [6, 6.07) is 0. The number of carbonyl (C=O) groups is 1. The monoisotopic (exact) mass is 400 g/mol. The van der Waals surface area contributed by atoms with Crippen LogP contribution in [0.25, 0.3) is 0 Å². The molecular weight excluding hydrogens is 356 g/mol. The molecule has 0 aromatic carbocycles. The number of hydrogen-bond acceptors (Lipinski definition) is 2. The lowest BCUT2D eigenvalue weighted by Crippen LogP contribution is -2.56. The van der Waals surface area contributed by atoms with Crippen molar-refractivity contribution in [1.29, 1.82) is 0 Å². The van der Waals surface area contributed by atoms with Gasteiger partial charge in [0.25, 0.3) is 0 Å². The van der Waals surface area contributed by atoms with Crippen molar-refractivity contribution >= 4 is 5.97 Å². The lowest BCUT2D eigenvalue weighted by molar-refractivity contribution is -0.182. The minimum atomic E-state index is -0.133. The molecule has 0 radical (unpaired) electrons. The van der Waals surface area contributed by atoms with E-state index in [9.17, 15) is 4.79 Å². The van der Waals surface area contributed by atoms with Gasteiger partial charge in [-0.1, -0.05) is 65.9 Å². The number of ether oxygens (including phenoxy) is 1. The average molecular weight is 401 g/mol. The zero-order chi connectivity index (χ0) is 20.6. The topological polar surface area (TPSA) is 26.3 Å². The van der Waals surface area contributed by atoms with E-state index in [4.69, 9.17) is 4.74 Å². The van der Waals surface area contributed by atoms with Crippen LogP contribution in [0.1, 0.15) is 111 Å². The number of fused-ring (bicyclic) bond motifs is 5. The van der Waals surface area contributed by atoms with Gasteiger partial charge in [-0.3, -0.25) is 0 Å². The van der Waals surface area contributed by atoms with Crippen LogP contribution < -0.4 is 0 Å². The molecule has 0 N–H and O–H groups in total. The third kappa shape index (κ3) is 3.72. The van der Waals surface area contributed by atoms with Crippen molar-refractivity contribution in [2.75, 3.05) is 0 Å². The molecule has 3 saturated carbocycles. The van der Waals surface area contributed by atoms with Gasteiger partial charge in [-0.05, 0) is 80.5 Å². The molecule has 2 nitrogen and oxygen atoms in total. The molecule has 0 aromatic heterocycles. The number of hydrogen-bond donors (Lipinski definition) is 0. The smallest absolute Gasteiger partial charge is 0.333 e. The van der Waals surface area contributed by atoms with E-state index in [1.807, 2.05) is 0 Å². The summed E-state index contributed by atoms with van der Waals surface area (Å²) in [5.41, 5.74) is 1.41. The van der Waals surface area contributed by atoms with Crippen molar-refractivity contribution in [2.24, 2.45) is 34.5 Å². The van der Waals surface area contributed by atoms with E-state index in [-0.39, 0.29) is 17.5 Å². The molecule has 7 atom stereocenters. The predicted molar refractivity (Wildman–Crippen MR) is 120 cm³/mol. The van der Waals surface area contributed by atoms with Gasteiger partial charge in [-0.15, -0.1) is 0 Å². The van der Waals surface area contributed by atoms with E-state index in [0.29, 0.717) is 11.0 Å². The van der Waals surface area contributed by atoms with E-state index in [1.54, 1.807) is 0 Å². The van der Waals surface area contributed by atoms with Crippen LogP contribution in [0.4, 0.5) is 0 Å². The Morgan fingerprint density at radius 3 is 2.45 bits per heavy atom. The molecule has 1 aliphatic heterocycles. The lowest BCUT2D eigenvalue weighted by Gasteiger charge is -2.59. The molecule has 0 amide bonds. The molecule has 164 valence electrons. The number of unbranched alkanes of at least 4 members (excludes halogenated alkanes) is 5. The molecule has 4 aliphatic rings.